The van der Waals surface area contributed by atoms with Crippen LogP contribution < -0.4 is 20.9 Å². The lowest BCUT2D eigenvalue weighted by Crippen LogP contribution is -2.04. The van der Waals surface area contributed by atoms with Gasteiger partial charge in [-0.1, -0.05) is 13.8 Å². The molecule has 0 radical (unpaired) electrons. The fourth-order valence-corrected chi connectivity index (χ4v) is 2.59. The SMILES string of the molecule is C/N=C\COc1cc(C(C)C)c(Oc2cnc(N)nc2N)cc1I. The first kappa shape index (κ1) is 18.2. The standard InChI is InChI=1S/C16H20IN5O2/c1-9(2)10-6-13(23-5-4-20-3)11(17)7-12(10)24-14-8-21-16(19)22-15(14)18/h4,6-9H,5H2,1-3H3,(H4,18,19,21,22)/b20-4-. The summed E-state index contributed by atoms with van der Waals surface area (Å²) in [5, 5.41) is 0. The summed E-state index contributed by atoms with van der Waals surface area (Å²) in [6.07, 6.45) is 3.18. The molecule has 0 aliphatic carbocycles. The number of rotatable bonds is 6. The zero-order chi connectivity index (χ0) is 17.7. The normalized spacial score (nSPS) is 11.2. The molecular formula is C16H20IN5O2. The molecule has 0 fully saturated rings. The molecule has 128 valence electrons. The maximum atomic E-state index is 5.93. The van der Waals surface area contributed by atoms with E-state index in [1.165, 1.54) is 6.20 Å². The van der Waals surface area contributed by atoms with Crippen LogP contribution in [0.25, 0.3) is 0 Å². The van der Waals surface area contributed by atoms with Crippen molar-refractivity contribution < 1.29 is 9.47 Å². The van der Waals surface area contributed by atoms with Crippen molar-refractivity contribution in [3.05, 3.63) is 27.5 Å². The molecule has 0 saturated carbocycles. The van der Waals surface area contributed by atoms with E-state index in [4.69, 9.17) is 20.9 Å². The van der Waals surface area contributed by atoms with E-state index in [2.05, 4.69) is 51.4 Å². The van der Waals surface area contributed by atoms with Crippen molar-refractivity contribution in [2.75, 3.05) is 25.1 Å². The van der Waals surface area contributed by atoms with Gasteiger partial charge in [0.15, 0.2) is 11.6 Å². The van der Waals surface area contributed by atoms with Gasteiger partial charge in [0.2, 0.25) is 5.95 Å². The van der Waals surface area contributed by atoms with Gasteiger partial charge in [0.1, 0.15) is 18.1 Å². The summed E-state index contributed by atoms with van der Waals surface area (Å²) >= 11 is 2.20. The Morgan fingerprint density at radius 1 is 1.25 bits per heavy atom. The summed E-state index contributed by atoms with van der Waals surface area (Å²) < 4.78 is 12.6. The van der Waals surface area contributed by atoms with Gasteiger partial charge in [-0.3, -0.25) is 4.99 Å². The maximum absolute atomic E-state index is 5.93. The second-order valence-corrected chi connectivity index (χ2v) is 6.47. The van der Waals surface area contributed by atoms with Gasteiger partial charge in [-0.05, 0) is 40.6 Å². The average Bonchev–Trinajstić information content (AvgIpc) is 2.52. The monoisotopic (exact) mass is 441 g/mol. The summed E-state index contributed by atoms with van der Waals surface area (Å²) in [6.45, 7) is 4.58. The van der Waals surface area contributed by atoms with Crippen molar-refractivity contribution in [2.24, 2.45) is 4.99 Å². The number of hydrogen-bond acceptors (Lipinski definition) is 7. The molecule has 4 N–H and O–H groups in total. The molecule has 7 nitrogen and oxygen atoms in total. The fraction of sp³-hybridized carbons (Fsp3) is 0.312. The molecule has 0 unspecified atom stereocenters. The Labute approximate surface area is 154 Å². The summed E-state index contributed by atoms with van der Waals surface area (Å²) in [7, 11) is 1.71. The fourth-order valence-electron chi connectivity index (χ4n) is 2.00. The summed E-state index contributed by atoms with van der Waals surface area (Å²) in [6, 6.07) is 3.88. The second-order valence-electron chi connectivity index (χ2n) is 5.31. The topological polar surface area (TPSA) is 109 Å². The molecule has 24 heavy (non-hydrogen) atoms. The van der Waals surface area contributed by atoms with E-state index >= 15 is 0 Å². The number of nitrogens with zero attached hydrogens (tertiary/aromatic N) is 3. The first-order valence-corrected chi connectivity index (χ1v) is 8.43. The van der Waals surface area contributed by atoms with Crippen molar-refractivity contribution in [1.82, 2.24) is 9.97 Å². The van der Waals surface area contributed by atoms with Crippen molar-refractivity contribution in [3.63, 3.8) is 0 Å². The number of halogens is 1. The number of hydrogen-bond donors (Lipinski definition) is 2. The molecule has 0 bridgehead atoms. The molecular weight excluding hydrogens is 421 g/mol. The van der Waals surface area contributed by atoms with Gasteiger partial charge in [-0.2, -0.15) is 4.98 Å². The average molecular weight is 441 g/mol. The van der Waals surface area contributed by atoms with E-state index in [1.54, 1.807) is 13.3 Å². The van der Waals surface area contributed by atoms with E-state index in [1.807, 2.05) is 12.1 Å². The van der Waals surface area contributed by atoms with Crippen molar-refractivity contribution in [3.8, 4) is 17.2 Å². The molecule has 1 aromatic carbocycles. The number of nitrogens with two attached hydrogens (primary N) is 2. The molecule has 8 heteroatoms. The quantitative estimate of drug-likeness (QED) is 0.527. The molecule has 2 aromatic rings. The van der Waals surface area contributed by atoms with Crippen molar-refractivity contribution in [1.29, 1.82) is 0 Å². The van der Waals surface area contributed by atoms with Crippen molar-refractivity contribution >= 4 is 40.6 Å². The Morgan fingerprint density at radius 2 is 2.00 bits per heavy atom. The highest BCUT2D eigenvalue weighted by Gasteiger charge is 2.16. The van der Waals surface area contributed by atoms with E-state index < -0.39 is 0 Å². The second kappa shape index (κ2) is 8.13. The molecule has 0 aliphatic rings. The Kier molecular flexibility index (Phi) is 6.18. The van der Waals surface area contributed by atoms with E-state index in [-0.39, 0.29) is 17.7 Å². The third-order valence-electron chi connectivity index (χ3n) is 3.20. The van der Waals surface area contributed by atoms with Gasteiger partial charge in [-0.25, -0.2) is 4.98 Å². The lowest BCUT2D eigenvalue weighted by Gasteiger charge is -2.17. The largest absolute Gasteiger partial charge is 0.487 e. The van der Waals surface area contributed by atoms with Crippen LogP contribution in [0.2, 0.25) is 0 Å². The third-order valence-corrected chi connectivity index (χ3v) is 4.05. The van der Waals surface area contributed by atoms with Gasteiger partial charge in [0.25, 0.3) is 0 Å². The van der Waals surface area contributed by atoms with Crippen LogP contribution in [0, 0.1) is 3.57 Å². The molecule has 1 heterocycles. The van der Waals surface area contributed by atoms with Gasteiger partial charge >= 0.3 is 0 Å². The first-order chi connectivity index (χ1) is 11.4. The minimum absolute atomic E-state index is 0.111. The number of aliphatic imine (C=N–C) groups is 1. The summed E-state index contributed by atoms with van der Waals surface area (Å²) in [5.74, 6) is 2.38. The highest BCUT2D eigenvalue weighted by Crippen LogP contribution is 2.37. The van der Waals surface area contributed by atoms with Crippen LogP contribution in [0.5, 0.6) is 17.2 Å². The minimum atomic E-state index is 0.111. The number of ether oxygens (including phenoxy) is 2. The molecule has 0 atom stereocenters. The number of aromatic nitrogens is 2. The van der Waals surface area contributed by atoms with Crippen molar-refractivity contribution in [2.45, 2.75) is 19.8 Å². The third kappa shape index (κ3) is 4.47. The van der Waals surface area contributed by atoms with Crippen LogP contribution in [-0.2, 0) is 0 Å². The highest BCUT2D eigenvalue weighted by molar-refractivity contribution is 14.1. The lowest BCUT2D eigenvalue weighted by atomic mass is 10.0. The zero-order valence-corrected chi connectivity index (χ0v) is 15.9. The predicted octanol–water partition coefficient (Wildman–Crippen LogP) is 3.24. The molecule has 0 spiro atoms. The van der Waals surface area contributed by atoms with Gasteiger partial charge in [-0.15, -0.1) is 0 Å². The van der Waals surface area contributed by atoms with Crippen LogP contribution in [0.4, 0.5) is 11.8 Å². The summed E-state index contributed by atoms with van der Waals surface area (Å²) in [5.41, 5.74) is 12.4. The molecule has 0 amide bonds. The molecule has 2 rings (SSSR count). The minimum Gasteiger partial charge on any atom is -0.487 e. The lowest BCUT2D eigenvalue weighted by molar-refractivity contribution is 0.375. The Balaban J connectivity index is 2.36. The van der Waals surface area contributed by atoms with Crippen LogP contribution in [-0.4, -0.2) is 29.8 Å². The Morgan fingerprint density at radius 3 is 2.62 bits per heavy atom. The van der Waals surface area contributed by atoms with Crippen LogP contribution in [0.3, 0.4) is 0 Å². The first-order valence-electron chi connectivity index (χ1n) is 7.35. The molecule has 0 saturated heterocycles. The highest BCUT2D eigenvalue weighted by atomic mass is 127. The van der Waals surface area contributed by atoms with Gasteiger partial charge in [0, 0.05) is 18.8 Å². The zero-order valence-electron chi connectivity index (χ0n) is 13.8. The number of anilines is 2. The van der Waals surface area contributed by atoms with E-state index in [0.717, 1.165) is 14.9 Å². The Bertz CT molecular complexity index is 749. The summed E-state index contributed by atoms with van der Waals surface area (Å²) in [4.78, 5) is 11.7. The number of benzene rings is 1. The number of nitrogen functional groups attached to an aromatic ring is 2. The smallest absolute Gasteiger partial charge is 0.222 e. The van der Waals surface area contributed by atoms with Crippen LogP contribution in [0.1, 0.15) is 25.3 Å². The molecule has 0 aliphatic heterocycles. The van der Waals surface area contributed by atoms with Gasteiger partial charge in [0.05, 0.1) is 9.77 Å². The van der Waals surface area contributed by atoms with Gasteiger partial charge < -0.3 is 20.9 Å². The van der Waals surface area contributed by atoms with E-state index in [0.29, 0.717) is 18.1 Å². The van der Waals surface area contributed by atoms with Crippen LogP contribution in [0.15, 0.2) is 23.3 Å². The maximum Gasteiger partial charge on any atom is 0.222 e. The van der Waals surface area contributed by atoms with E-state index in [9.17, 15) is 0 Å². The predicted molar refractivity (Wildman–Crippen MR) is 104 cm³/mol. The van der Waals surface area contributed by atoms with Crippen LogP contribution >= 0.6 is 22.6 Å². The Hall–Kier alpha value is -2.10. The molecule has 1 aromatic heterocycles.